The predicted molar refractivity (Wildman–Crippen MR) is 133 cm³/mol. The van der Waals surface area contributed by atoms with E-state index < -0.39 is 17.5 Å². The summed E-state index contributed by atoms with van der Waals surface area (Å²) in [7, 11) is 0. The van der Waals surface area contributed by atoms with Crippen LogP contribution in [0.1, 0.15) is 62.3 Å². The van der Waals surface area contributed by atoms with Crippen molar-refractivity contribution >= 4 is 51.5 Å². The van der Waals surface area contributed by atoms with E-state index in [9.17, 15) is 14.4 Å². The number of hydrazine groups is 1. The number of imide groups is 1. The van der Waals surface area contributed by atoms with Gasteiger partial charge < -0.3 is 5.32 Å². The van der Waals surface area contributed by atoms with Crippen LogP contribution in [0.5, 0.6) is 0 Å². The molecule has 1 aliphatic carbocycles. The first-order valence-corrected chi connectivity index (χ1v) is 12.1. The second-order valence-corrected chi connectivity index (χ2v) is 10.0. The summed E-state index contributed by atoms with van der Waals surface area (Å²) in [4.78, 5) is 42.0. The first-order chi connectivity index (χ1) is 16.9. The summed E-state index contributed by atoms with van der Waals surface area (Å²) in [6.07, 6.45) is 8.36. The maximum atomic E-state index is 14.2. The number of benzene rings is 3. The zero-order chi connectivity index (χ0) is 24.1. The van der Waals surface area contributed by atoms with Crippen LogP contribution in [0.15, 0.2) is 54.6 Å². The van der Waals surface area contributed by atoms with Crippen molar-refractivity contribution in [3.63, 3.8) is 0 Å². The smallest absolute Gasteiger partial charge is 0.275 e. The second-order valence-electron chi connectivity index (χ2n) is 9.56. The lowest BCUT2D eigenvalue weighted by Gasteiger charge is -2.47. The van der Waals surface area contributed by atoms with Crippen molar-refractivity contribution in [3.8, 4) is 0 Å². The average Bonchev–Trinajstić information content (AvgIpc) is 3.00. The number of halogens is 1. The van der Waals surface area contributed by atoms with Crippen LogP contribution in [-0.4, -0.2) is 22.7 Å². The van der Waals surface area contributed by atoms with Gasteiger partial charge in [0.25, 0.3) is 17.7 Å². The summed E-state index contributed by atoms with van der Waals surface area (Å²) in [5, 5.41) is 6.04. The quantitative estimate of drug-likeness (QED) is 0.220. The van der Waals surface area contributed by atoms with E-state index >= 15 is 0 Å². The molecule has 7 rings (SSSR count). The largest absolute Gasteiger partial charge is 0.356 e. The van der Waals surface area contributed by atoms with Crippen LogP contribution in [0.2, 0.25) is 5.02 Å². The molecular weight excluding hydrogens is 464 g/mol. The summed E-state index contributed by atoms with van der Waals surface area (Å²) in [5.41, 5.74) is 2.61. The van der Waals surface area contributed by atoms with E-state index in [-0.39, 0.29) is 11.8 Å². The Balaban J connectivity index is 1.60. The molecule has 4 aliphatic rings. The maximum Gasteiger partial charge on any atom is 0.275 e. The highest BCUT2D eigenvalue weighted by molar-refractivity contribution is 6.32. The molecule has 0 radical (unpaired) electrons. The van der Waals surface area contributed by atoms with Gasteiger partial charge >= 0.3 is 0 Å². The Bertz CT molecular complexity index is 1520. The van der Waals surface area contributed by atoms with E-state index in [1.54, 1.807) is 24.3 Å². The molecular formula is C27H21ClN4O3. The van der Waals surface area contributed by atoms with Gasteiger partial charge in [-0.05, 0) is 55.7 Å². The zero-order valence-electron chi connectivity index (χ0n) is 18.7. The number of carbonyl (C=O) groups excluding carboxylic acids is 3. The predicted octanol–water partition coefficient (Wildman–Crippen LogP) is 4.95. The van der Waals surface area contributed by atoms with E-state index in [1.165, 1.54) is 0 Å². The fourth-order valence-electron chi connectivity index (χ4n) is 6.32. The number of hydrogen-bond acceptors (Lipinski definition) is 5. The van der Waals surface area contributed by atoms with Gasteiger partial charge in [0.1, 0.15) is 0 Å². The lowest BCUT2D eigenvalue weighted by Crippen LogP contribution is -2.58. The lowest BCUT2D eigenvalue weighted by atomic mass is 9.74. The van der Waals surface area contributed by atoms with Gasteiger partial charge in [-0.25, -0.2) is 10.9 Å². The number of amides is 3. The summed E-state index contributed by atoms with van der Waals surface area (Å²) in [6, 6.07) is 12.4. The molecule has 3 aliphatic heterocycles. The molecule has 7 nitrogen and oxygen atoms in total. The van der Waals surface area contributed by atoms with Gasteiger partial charge in [0.15, 0.2) is 5.66 Å². The van der Waals surface area contributed by atoms with E-state index in [2.05, 4.69) is 17.5 Å². The van der Waals surface area contributed by atoms with Gasteiger partial charge in [0.05, 0.1) is 22.5 Å². The van der Waals surface area contributed by atoms with E-state index in [0.717, 1.165) is 42.6 Å². The van der Waals surface area contributed by atoms with Crippen LogP contribution >= 0.6 is 11.6 Å². The highest BCUT2D eigenvalue weighted by Crippen LogP contribution is 2.56. The van der Waals surface area contributed by atoms with Gasteiger partial charge in [-0.15, -0.1) is 0 Å². The Morgan fingerprint density at radius 1 is 0.914 bits per heavy atom. The summed E-state index contributed by atoms with van der Waals surface area (Å²) < 4.78 is 0. The number of allylic oxidation sites excluding steroid dienone is 1. The van der Waals surface area contributed by atoms with Crippen molar-refractivity contribution in [1.82, 2.24) is 5.01 Å². The molecule has 3 aromatic rings. The summed E-state index contributed by atoms with van der Waals surface area (Å²) in [5.74, 6) is 4.45. The molecule has 8 heteroatoms. The minimum atomic E-state index is -0.916. The molecule has 0 bridgehead atoms. The maximum absolute atomic E-state index is 14.2. The summed E-state index contributed by atoms with van der Waals surface area (Å²) in [6.45, 7) is 0. The molecule has 0 saturated carbocycles. The molecule has 174 valence electrons. The topological polar surface area (TPSA) is 95.7 Å². The molecule has 0 saturated heterocycles. The van der Waals surface area contributed by atoms with Crippen LogP contribution in [0, 0.1) is 5.92 Å². The van der Waals surface area contributed by atoms with Gasteiger partial charge in [-0.2, -0.15) is 0 Å². The minimum absolute atomic E-state index is 0.0358. The van der Waals surface area contributed by atoms with Crippen molar-refractivity contribution in [2.75, 3.05) is 10.2 Å². The molecule has 3 aromatic carbocycles. The van der Waals surface area contributed by atoms with Crippen LogP contribution in [-0.2, 0) is 5.66 Å². The van der Waals surface area contributed by atoms with Crippen LogP contribution in [0.25, 0.3) is 10.8 Å². The van der Waals surface area contributed by atoms with Crippen molar-refractivity contribution in [3.05, 3.63) is 81.9 Å². The van der Waals surface area contributed by atoms with E-state index in [1.807, 2.05) is 23.1 Å². The van der Waals surface area contributed by atoms with Gasteiger partial charge in [-0.3, -0.25) is 19.3 Å². The Morgan fingerprint density at radius 2 is 1.63 bits per heavy atom. The monoisotopic (exact) mass is 484 g/mol. The van der Waals surface area contributed by atoms with Crippen LogP contribution in [0.3, 0.4) is 0 Å². The van der Waals surface area contributed by atoms with Crippen molar-refractivity contribution in [2.24, 2.45) is 11.8 Å². The van der Waals surface area contributed by atoms with Crippen molar-refractivity contribution in [2.45, 2.75) is 31.3 Å². The first-order valence-electron chi connectivity index (χ1n) is 11.8. The molecule has 0 spiro atoms. The Morgan fingerprint density at radius 3 is 2.40 bits per heavy atom. The molecule has 0 fully saturated rings. The fraction of sp³-hybridized carbons (Fsp3) is 0.222. The molecule has 3 N–H and O–H groups in total. The Kier molecular flexibility index (Phi) is 4.09. The van der Waals surface area contributed by atoms with Crippen molar-refractivity contribution in [1.29, 1.82) is 0 Å². The standard InChI is InChI=1S/C27H21ClN4O3/c28-15-7-12-21-20(13-15)30-27(14-5-3-1-2-4-6-14)19-11-10-17-22-16(25(34)32(29)26(17)35)8-9-18(23(19)22)24(33)31(21)27/h3,5,7-14,30H,1-2,4,6,29H2. The van der Waals surface area contributed by atoms with Crippen LogP contribution < -0.4 is 16.1 Å². The second kappa shape index (κ2) is 6.93. The van der Waals surface area contributed by atoms with Gasteiger partial charge in [0.2, 0.25) is 0 Å². The minimum Gasteiger partial charge on any atom is -0.356 e. The zero-order valence-corrected chi connectivity index (χ0v) is 19.4. The molecule has 35 heavy (non-hydrogen) atoms. The number of carbonyl (C=O) groups is 3. The molecule has 3 heterocycles. The number of anilines is 2. The Hall–Kier alpha value is -3.68. The number of nitrogens with zero attached hydrogens (tertiary/aromatic N) is 2. The van der Waals surface area contributed by atoms with Gasteiger partial charge in [-0.1, -0.05) is 36.2 Å². The molecule has 3 amide bonds. The highest BCUT2D eigenvalue weighted by Gasteiger charge is 2.56. The number of fused-ring (bicyclic) bond motifs is 4. The molecule has 2 atom stereocenters. The average molecular weight is 485 g/mol. The fourth-order valence-corrected chi connectivity index (χ4v) is 6.49. The van der Waals surface area contributed by atoms with Gasteiger partial charge in [0, 0.05) is 32.8 Å². The number of nitrogens with two attached hydrogens (primary N) is 1. The SMILES string of the molecule is NN1C(=O)c2ccc3c4c(ccc(c24)C1=O)C1(C2C=CCCCC2)Nc2cc(Cl)ccc2N1C3=O. The Labute approximate surface area is 206 Å². The highest BCUT2D eigenvalue weighted by atomic mass is 35.5. The molecule has 0 aromatic heterocycles. The number of rotatable bonds is 1. The number of hydrogen-bond donors (Lipinski definition) is 2. The molecule has 2 unspecified atom stereocenters. The number of nitrogens with one attached hydrogen (secondary N) is 1. The first kappa shape index (κ1) is 20.7. The third-order valence-corrected chi connectivity index (χ3v) is 8.06. The van der Waals surface area contributed by atoms with E-state index in [4.69, 9.17) is 17.4 Å². The van der Waals surface area contributed by atoms with E-state index in [0.29, 0.717) is 37.5 Å². The third-order valence-electron chi connectivity index (χ3n) is 7.82. The normalized spacial score (nSPS) is 24.4. The van der Waals surface area contributed by atoms with Crippen LogP contribution in [0.4, 0.5) is 11.4 Å². The summed E-state index contributed by atoms with van der Waals surface area (Å²) >= 11 is 6.35. The third kappa shape index (κ3) is 2.47. The lowest BCUT2D eigenvalue weighted by molar-refractivity contribution is 0.0609. The van der Waals surface area contributed by atoms with Crippen molar-refractivity contribution < 1.29 is 14.4 Å².